The van der Waals surface area contributed by atoms with Crippen LogP contribution in [0.1, 0.15) is 30.9 Å². The third-order valence-electron chi connectivity index (χ3n) is 4.05. The number of carbonyl (C=O) groups is 1. The molecule has 25 heavy (non-hydrogen) atoms. The van der Waals surface area contributed by atoms with Crippen molar-refractivity contribution in [3.63, 3.8) is 0 Å². The van der Waals surface area contributed by atoms with Crippen LogP contribution in [-0.4, -0.2) is 32.3 Å². The summed E-state index contributed by atoms with van der Waals surface area (Å²) in [5, 5.41) is 0. The van der Waals surface area contributed by atoms with E-state index < -0.39 is 18.1 Å². The molecule has 0 unspecified atom stereocenters. The van der Waals surface area contributed by atoms with Crippen LogP contribution in [0.15, 0.2) is 48.5 Å². The number of hydrogen-bond acceptors (Lipinski definition) is 5. The van der Waals surface area contributed by atoms with E-state index in [0.717, 1.165) is 22.6 Å². The zero-order valence-corrected chi connectivity index (χ0v) is 15.1. The van der Waals surface area contributed by atoms with Crippen molar-refractivity contribution >= 4 is 5.97 Å². The Bertz CT molecular complexity index is 667. The van der Waals surface area contributed by atoms with Gasteiger partial charge in [-0.25, -0.2) is 0 Å². The van der Waals surface area contributed by atoms with Gasteiger partial charge in [0.25, 0.3) is 0 Å². The van der Waals surface area contributed by atoms with E-state index in [1.807, 2.05) is 55.5 Å². The summed E-state index contributed by atoms with van der Waals surface area (Å²) in [6.45, 7) is 3.48. The molecule has 2 rings (SSSR count). The fraction of sp³-hybridized carbons (Fsp3) is 0.350. The van der Waals surface area contributed by atoms with E-state index >= 15 is 0 Å². The quantitative estimate of drug-likeness (QED) is 0.782. The Balaban J connectivity index is 2.44. The van der Waals surface area contributed by atoms with Crippen molar-refractivity contribution in [3.8, 4) is 11.5 Å². The van der Waals surface area contributed by atoms with Gasteiger partial charge in [-0.2, -0.15) is 0 Å². The van der Waals surface area contributed by atoms with Crippen LogP contribution in [0.2, 0.25) is 0 Å². The predicted molar refractivity (Wildman–Crippen MR) is 97.0 cm³/mol. The molecule has 0 aliphatic heterocycles. The Kier molecular flexibility index (Phi) is 6.42. The van der Waals surface area contributed by atoms with Gasteiger partial charge < -0.3 is 19.9 Å². The molecule has 0 aromatic heterocycles. The first-order valence-electron chi connectivity index (χ1n) is 8.20. The molecule has 134 valence electrons. The number of esters is 1. The number of methoxy groups -OCH3 is 2. The summed E-state index contributed by atoms with van der Waals surface area (Å²) in [5.41, 5.74) is 7.61. The second-order valence-corrected chi connectivity index (χ2v) is 5.96. The molecule has 2 N–H and O–H groups in total. The highest BCUT2D eigenvalue weighted by molar-refractivity contribution is 5.75. The lowest BCUT2D eigenvalue weighted by atomic mass is 9.87. The van der Waals surface area contributed by atoms with Crippen molar-refractivity contribution in [3.05, 3.63) is 59.7 Å². The van der Waals surface area contributed by atoms with E-state index in [0.29, 0.717) is 0 Å². The van der Waals surface area contributed by atoms with Crippen LogP contribution in [0.4, 0.5) is 0 Å². The molecule has 0 saturated heterocycles. The molecule has 2 aromatic carbocycles. The largest absolute Gasteiger partial charge is 0.497 e. The third-order valence-corrected chi connectivity index (χ3v) is 4.05. The smallest absolute Gasteiger partial charge is 0.322 e. The van der Waals surface area contributed by atoms with E-state index in [-0.39, 0.29) is 5.92 Å². The minimum Gasteiger partial charge on any atom is -0.497 e. The Morgan fingerprint density at radius 3 is 1.80 bits per heavy atom. The van der Waals surface area contributed by atoms with Gasteiger partial charge in [0, 0.05) is 5.92 Å². The summed E-state index contributed by atoms with van der Waals surface area (Å²) in [5.74, 6) is 0.892. The Morgan fingerprint density at radius 1 is 0.920 bits per heavy atom. The number of benzene rings is 2. The first kappa shape index (κ1) is 18.8. The summed E-state index contributed by atoms with van der Waals surface area (Å²) in [6, 6.07) is 14.8. The molecule has 2 atom stereocenters. The van der Waals surface area contributed by atoms with Crippen molar-refractivity contribution in [2.24, 2.45) is 5.73 Å². The summed E-state index contributed by atoms with van der Waals surface area (Å²) in [7, 11) is 3.25. The molecule has 0 aliphatic carbocycles. The number of hydrogen-bond donors (Lipinski definition) is 1. The van der Waals surface area contributed by atoms with Gasteiger partial charge in [0.1, 0.15) is 23.6 Å². The Labute approximate surface area is 148 Å². The highest BCUT2D eigenvalue weighted by Crippen LogP contribution is 2.33. The van der Waals surface area contributed by atoms with Crippen LogP contribution >= 0.6 is 0 Å². The van der Waals surface area contributed by atoms with Gasteiger partial charge in [-0.1, -0.05) is 24.3 Å². The van der Waals surface area contributed by atoms with Gasteiger partial charge in [-0.05, 0) is 49.2 Å². The summed E-state index contributed by atoms with van der Waals surface area (Å²) < 4.78 is 16.2. The molecule has 5 heteroatoms. The molecule has 0 bridgehead atoms. The highest BCUT2D eigenvalue weighted by Gasteiger charge is 2.26. The second kappa shape index (κ2) is 8.53. The van der Waals surface area contributed by atoms with E-state index in [2.05, 4.69) is 0 Å². The van der Waals surface area contributed by atoms with E-state index in [9.17, 15) is 4.79 Å². The lowest BCUT2D eigenvalue weighted by Crippen LogP contribution is -2.33. The van der Waals surface area contributed by atoms with Crippen molar-refractivity contribution in [2.45, 2.75) is 31.9 Å². The summed E-state index contributed by atoms with van der Waals surface area (Å²) in [6.07, 6.45) is -0.405. The molecule has 0 fully saturated rings. The first-order chi connectivity index (χ1) is 12.0. The maximum atomic E-state index is 12.0. The molecule has 5 nitrogen and oxygen atoms in total. The monoisotopic (exact) mass is 343 g/mol. The molecule has 0 aliphatic rings. The van der Waals surface area contributed by atoms with Crippen molar-refractivity contribution in [1.29, 1.82) is 0 Å². The van der Waals surface area contributed by atoms with Crippen LogP contribution in [0.3, 0.4) is 0 Å². The molecule has 0 saturated carbocycles. The van der Waals surface area contributed by atoms with Gasteiger partial charge >= 0.3 is 5.97 Å². The lowest BCUT2D eigenvalue weighted by molar-refractivity contribution is -0.149. The first-order valence-corrected chi connectivity index (χ1v) is 8.20. The zero-order valence-electron chi connectivity index (χ0n) is 15.1. The number of rotatable bonds is 7. The highest BCUT2D eigenvalue weighted by atomic mass is 16.5. The third kappa shape index (κ3) is 4.73. The van der Waals surface area contributed by atoms with Gasteiger partial charge in [-0.15, -0.1) is 0 Å². The molecule has 2 aromatic rings. The maximum Gasteiger partial charge on any atom is 0.322 e. The minimum atomic E-state index is -0.668. The lowest BCUT2D eigenvalue weighted by Gasteiger charge is -2.26. The van der Waals surface area contributed by atoms with Crippen molar-refractivity contribution in [1.82, 2.24) is 0 Å². The van der Waals surface area contributed by atoms with Gasteiger partial charge in [-0.3, -0.25) is 4.79 Å². The van der Waals surface area contributed by atoms with E-state index in [1.54, 1.807) is 21.1 Å². The number of nitrogens with two attached hydrogens (primary N) is 1. The van der Waals surface area contributed by atoms with E-state index in [1.165, 1.54) is 0 Å². The minimum absolute atomic E-state index is 0.173. The second-order valence-electron chi connectivity index (χ2n) is 5.96. The zero-order chi connectivity index (χ0) is 18.4. The SMILES string of the molecule is COc1cccc(C(c2cccc(OC)c2)[C@H](C)OC(=O)[C@H](C)N)c1. The topological polar surface area (TPSA) is 70.8 Å². The van der Waals surface area contributed by atoms with Gasteiger partial charge in [0.2, 0.25) is 0 Å². The van der Waals surface area contributed by atoms with Gasteiger partial charge in [0.15, 0.2) is 0 Å². The summed E-state index contributed by atoms with van der Waals surface area (Å²) in [4.78, 5) is 12.0. The van der Waals surface area contributed by atoms with Crippen molar-refractivity contribution < 1.29 is 19.0 Å². The molecular formula is C20H25NO4. The fourth-order valence-electron chi connectivity index (χ4n) is 2.76. The van der Waals surface area contributed by atoms with Crippen LogP contribution in [-0.2, 0) is 9.53 Å². The number of carbonyl (C=O) groups excluding carboxylic acids is 1. The van der Waals surface area contributed by atoms with Crippen LogP contribution in [0.25, 0.3) is 0 Å². The molecule has 0 amide bonds. The van der Waals surface area contributed by atoms with Crippen molar-refractivity contribution in [2.75, 3.05) is 14.2 Å². The fourth-order valence-corrected chi connectivity index (χ4v) is 2.76. The molecule has 0 spiro atoms. The maximum absolute atomic E-state index is 12.0. The van der Waals surface area contributed by atoms with Crippen LogP contribution in [0, 0.1) is 0 Å². The average Bonchev–Trinajstić information content (AvgIpc) is 2.62. The number of ether oxygens (including phenoxy) is 3. The molecule has 0 radical (unpaired) electrons. The normalized spacial score (nSPS) is 13.2. The summed E-state index contributed by atoms with van der Waals surface area (Å²) >= 11 is 0. The molecular weight excluding hydrogens is 318 g/mol. The molecule has 0 heterocycles. The van der Waals surface area contributed by atoms with Crippen LogP contribution in [0.5, 0.6) is 11.5 Å². The average molecular weight is 343 g/mol. The van der Waals surface area contributed by atoms with Crippen LogP contribution < -0.4 is 15.2 Å². The Hall–Kier alpha value is -2.53. The predicted octanol–water partition coefficient (Wildman–Crippen LogP) is 3.11. The van der Waals surface area contributed by atoms with Gasteiger partial charge in [0.05, 0.1) is 14.2 Å². The van der Waals surface area contributed by atoms with E-state index in [4.69, 9.17) is 19.9 Å². The standard InChI is InChI=1S/C20H25NO4/c1-13(21)20(22)25-14(2)19(15-7-5-9-17(11-15)23-3)16-8-6-10-18(12-16)24-4/h5-14,19H,21H2,1-4H3/t13-,14-/m0/s1. The Morgan fingerprint density at radius 2 is 1.40 bits per heavy atom.